The van der Waals surface area contributed by atoms with Crippen LogP contribution in [0.3, 0.4) is 0 Å². The number of phenols is 1. The molecule has 28 heavy (non-hydrogen) atoms. The van der Waals surface area contributed by atoms with Gasteiger partial charge in [-0.15, -0.1) is 0 Å². The van der Waals surface area contributed by atoms with Crippen LogP contribution >= 0.6 is 0 Å². The summed E-state index contributed by atoms with van der Waals surface area (Å²) in [5.74, 6) is 0.00971. The van der Waals surface area contributed by atoms with Gasteiger partial charge in [0.25, 0.3) is 0 Å². The number of phenolic OH excluding ortho intramolecular Hbond substituents is 1. The third-order valence-corrected chi connectivity index (χ3v) is 4.61. The molecule has 0 aliphatic carbocycles. The Labute approximate surface area is 161 Å². The summed E-state index contributed by atoms with van der Waals surface area (Å²) in [6, 6.07) is 16.8. The number of rotatable bonds is 4. The van der Waals surface area contributed by atoms with Crippen LogP contribution in [-0.4, -0.2) is 23.9 Å². The SMILES string of the molecule is CCOC(=O)c1c(C)oc2c1c(C=Nc1ccccc1)c(O)c1ccccc12. The Balaban J connectivity index is 2.06. The van der Waals surface area contributed by atoms with Gasteiger partial charge in [0, 0.05) is 27.9 Å². The maximum Gasteiger partial charge on any atom is 0.342 e. The Morgan fingerprint density at radius 1 is 1.11 bits per heavy atom. The Kier molecular flexibility index (Phi) is 4.57. The molecule has 4 aromatic rings. The number of fused-ring (bicyclic) bond motifs is 3. The van der Waals surface area contributed by atoms with Gasteiger partial charge in [-0.1, -0.05) is 42.5 Å². The number of hydrogen-bond acceptors (Lipinski definition) is 5. The van der Waals surface area contributed by atoms with E-state index >= 15 is 0 Å². The molecule has 0 aliphatic rings. The Hall–Kier alpha value is -3.60. The molecule has 140 valence electrons. The predicted molar refractivity (Wildman–Crippen MR) is 110 cm³/mol. The van der Waals surface area contributed by atoms with E-state index in [1.807, 2.05) is 54.6 Å². The number of esters is 1. The number of aryl methyl sites for hydroxylation is 1. The van der Waals surface area contributed by atoms with Crippen LogP contribution in [0.25, 0.3) is 21.7 Å². The van der Waals surface area contributed by atoms with Crippen molar-refractivity contribution in [2.75, 3.05) is 6.61 Å². The molecule has 1 N–H and O–H groups in total. The van der Waals surface area contributed by atoms with Gasteiger partial charge in [0.05, 0.1) is 12.3 Å². The van der Waals surface area contributed by atoms with Gasteiger partial charge in [-0.05, 0) is 26.0 Å². The first-order chi connectivity index (χ1) is 13.6. The standard InChI is InChI=1S/C23H19NO4/c1-3-27-23(26)19-14(2)28-22-17-12-8-7-11-16(17)21(25)18(20(19)22)13-24-15-9-5-4-6-10-15/h4-13,25H,3H2,1-2H3. The van der Waals surface area contributed by atoms with Gasteiger partial charge in [-0.2, -0.15) is 0 Å². The lowest BCUT2D eigenvalue weighted by Gasteiger charge is -2.08. The molecule has 4 rings (SSSR count). The summed E-state index contributed by atoms with van der Waals surface area (Å²) in [6.07, 6.45) is 1.57. The number of ether oxygens (including phenoxy) is 1. The fourth-order valence-electron chi connectivity index (χ4n) is 3.37. The fourth-order valence-corrected chi connectivity index (χ4v) is 3.37. The van der Waals surface area contributed by atoms with Crippen molar-refractivity contribution in [3.05, 3.63) is 71.5 Å². The minimum atomic E-state index is -0.484. The second-order valence-electron chi connectivity index (χ2n) is 6.36. The summed E-state index contributed by atoms with van der Waals surface area (Å²) in [5, 5.41) is 12.9. The number of aliphatic imine (C=N–C) groups is 1. The maximum atomic E-state index is 12.6. The van der Waals surface area contributed by atoms with E-state index < -0.39 is 5.97 Å². The van der Waals surface area contributed by atoms with Crippen LogP contribution < -0.4 is 0 Å². The molecule has 5 heteroatoms. The number of hydrogen-bond donors (Lipinski definition) is 1. The van der Waals surface area contributed by atoms with Crippen molar-refractivity contribution < 1.29 is 19.1 Å². The zero-order valence-corrected chi connectivity index (χ0v) is 15.6. The molecule has 0 radical (unpaired) electrons. The molecular weight excluding hydrogens is 354 g/mol. The summed E-state index contributed by atoms with van der Waals surface area (Å²) < 4.78 is 11.2. The van der Waals surface area contributed by atoms with Gasteiger partial charge in [-0.25, -0.2) is 4.79 Å². The average molecular weight is 373 g/mol. The molecule has 0 bridgehead atoms. The molecule has 0 saturated carbocycles. The molecule has 1 aromatic heterocycles. The lowest BCUT2D eigenvalue weighted by Crippen LogP contribution is -2.06. The fraction of sp³-hybridized carbons (Fsp3) is 0.130. The molecule has 0 fully saturated rings. The van der Waals surface area contributed by atoms with Crippen molar-refractivity contribution in [2.45, 2.75) is 13.8 Å². The molecule has 3 aromatic carbocycles. The highest BCUT2D eigenvalue weighted by Crippen LogP contribution is 2.40. The zero-order chi connectivity index (χ0) is 19.7. The Morgan fingerprint density at radius 3 is 2.50 bits per heavy atom. The molecule has 0 unspecified atom stereocenters. The first-order valence-electron chi connectivity index (χ1n) is 9.04. The normalized spacial score (nSPS) is 11.5. The minimum absolute atomic E-state index is 0.0501. The van der Waals surface area contributed by atoms with Crippen molar-refractivity contribution in [2.24, 2.45) is 4.99 Å². The third kappa shape index (κ3) is 2.91. The van der Waals surface area contributed by atoms with Crippen LogP contribution in [0, 0.1) is 6.92 Å². The molecule has 5 nitrogen and oxygen atoms in total. The summed E-state index contributed by atoms with van der Waals surface area (Å²) in [5.41, 5.74) is 2.01. The lowest BCUT2D eigenvalue weighted by molar-refractivity contribution is 0.0526. The Morgan fingerprint density at radius 2 is 1.79 bits per heavy atom. The maximum absolute atomic E-state index is 12.6. The monoisotopic (exact) mass is 373 g/mol. The molecular formula is C23H19NO4. The number of carbonyl (C=O) groups excluding carboxylic acids is 1. The topological polar surface area (TPSA) is 72.0 Å². The van der Waals surface area contributed by atoms with Crippen LogP contribution in [0.2, 0.25) is 0 Å². The molecule has 0 spiro atoms. The van der Waals surface area contributed by atoms with Crippen LogP contribution in [0.5, 0.6) is 5.75 Å². The zero-order valence-electron chi connectivity index (χ0n) is 15.6. The average Bonchev–Trinajstić information content (AvgIpc) is 3.06. The molecule has 0 atom stereocenters. The smallest absolute Gasteiger partial charge is 0.342 e. The van der Waals surface area contributed by atoms with Gasteiger partial charge in [-0.3, -0.25) is 4.99 Å². The lowest BCUT2D eigenvalue weighted by atomic mass is 9.98. The predicted octanol–water partition coefficient (Wildman–Crippen LogP) is 5.53. The van der Waals surface area contributed by atoms with E-state index in [0.717, 1.165) is 11.1 Å². The van der Waals surface area contributed by atoms with Crippen LogP contribution in [-0.2, 0) is 4.74 Å². The number of para-hydroxylation sites is 1. The number of nitrogens with zero attached hydrogens (tertiary/aromatic N) is 1. The number of furan rings is 1. The van der Waals surface area contributed by atoms with Crippen molar-refractivity contribution in [3.63, 3.8) is 0 Å². The van der Waals surface area contributed by atoms with E-state index in [2.05, 4.69) is 4.99 Å². The third-order valence-electron chi connectivity index (χ3n) is 4.61. The molecule has 0 saturated heterocycles. The van der Waals surface area contributed by atoms with E-state index in [1.165, 1.54) is 0 Å². The highest BCUT2D eigenvalue weighted by molar-refractivity contribution is 6.21. The number of carbonyl (C=O) groups is 1. The summed E-state index contributed by atoms with van der Waals surface area (Å²) >= 11 is 0. The largest absolute Gasteiger partial charge is 0.507 e. The Bertz CT molecular complexity index is 1210. The van der Waals surface area contributed by atoms with Gasteiger partial charge >= 0.3 is 5.97 Å². The highest BCUT2D eigenvalue weighted by Gasteiger charge is 2.25. The van der Waals surface area contributed by atoms with E-state index in [-0.39, 0.29) is 12.4 Å². The number of benzene rings is 3. The van der Waals surface area contributed by atoms with Crippen LogP contribution in [0.15, 0.2) is 64.0 Å². The van der Waals surface area contributed by atoms with Gasteiger partial charge < -0.3 is 14.3 Å². The number of aromatic hydroxyl groups is 1. The van der Waals surface area contributed by atoms with Crippen LogP contribution in [0.1, 0.15) is 28.6 Å². The first kappa shape index (κ1) is 17.8. The summed E-state index contributed by atoms with van der Waals surface area (Å²) in [7, 11) is 0. The quantitative estimate of drug-likeness (QED) is 0.377. The van der Waals surface area contributed by atoms with Gasteiger partial charge in [0.15, 0.2) is 0 Å². The highest BCUT2D eigenvalue weighted by atomic mass is 16.5. The van der Waals surface area contributed by atoms with Crippen molar-refractivity contribution in [1.29, 1.82) is 0 Å². The second-order valence-corrected chi connectivity index (χ2v) is 6.36. The van der Waals surface area contributed by atoms with Crippen molar-refractivity contribution in [3.8, 4) is 5.75 Å². The molecule has 0 aliphatic heterocycles. The van der Waals surface area contributed by atoms with Gasteiger partial charge in [0.1, 0.15) is 22.7 Å². The van der Waals surface area contributed by atoms with Crippen molar-refractivity contribution in [1.82, 2.24) is 0 Å². The van der Waals surface area contributed by atoms with E-state index in [1.54, 1.807) is 20.1 Å². The van der Waals surface area contributed by atoms with Gasteiger partial charge in [0.2, 0.25) is 0 Å². The van der Waals surface area contributed by atoms with E-state index in [4.69, 9.17) is 9.15 Å². The van der Waals surface area contributed by atoms with Crippen molar-refractivity contribution >= 4 is 39.6 Å². The summed E-state index contributed by atoms with van der Waals surface area (Å²) in [6.45, 7) is 3.72. The summed E-state index contributed by atoms with van der Waals surface area (Å²) in [4.78, 5) is 17.1. The second kappa shape index (κ2) is 7.19. The van der Waals surface area contributed by atoms with Crippen LogP contribution in [0.4, 0.5) is 5.69 Å². The minimum Gasteiger partial charge on any atom is -0.507 e. The van der Waals surface area contributed by atoms with E-state index in [9.17, 15) is 9.90 Å². The first-order valence-corrected chi connectivity index (χ1v) is 9.04. The molecule has 1 heterocycles. The molecule has 0 amide bonds. The van der Waals surface area contributed by atoms with E-state index in [0.29, 0.717) is 33.2 Å².